The minimum absolute atomic E-state index is 0.194. The molecule has 4 heteroatoms. The molecule has 0 aromatic carbocycles. The summed E-state index contributed by atoms with van der Waals surface area (Å²) in [6, 6.07) is 1.88. The zero-order chi connectivity index (χ0) is 6.57. The summed E-state index contributed by atoms with van der Waals surface area (Å²) >= 11 is 0. The quantitative estimate of drug-likeness (QED) is 0.570. The molecule has 0 aliphatic heterocycles. The molecule has 2 atom stereocenters. The van der Waals surface area contributed by atoms with Crippen molar-refractivity contribution in [2.75, 3.05) is 0 Å². The minimum Gasteiger partial charge on any atom is -0.252 e. The maximum absolute atomic E-state index is 10.3. The molecule has 0 aliphatic rings. The van der Waals surface area contributed by atoms with Crippen LogP contribution in [0.3, 0.4) is 0 Å². The van der Waals surface area contributed by atoms with E-state index in [1.165, 1.54) is 0 Å². The Balaban J connectivity index is 3.52. The zero-order valence-corrected chi connectivity index (χ0v) is 5.44. The van der Waals surface area contributed by atoms with Gasteiger partial charge in [-0.1, -0.05) is 0 Å². The second-order valence-electron chi connectivity index (χ2n) is 1.50. The first-order valence-corrected chi connectivity index (χ1v) is 3.48. The van der Waals surface area contributed by atoms with Crippen molar-refractivity contribution in [1.82, 2.24) is 0 Å². The van der Waals surface area contributed by atoms with Gasteiger partial charge in [0.2, 0.25) is 0 Å². The lowest BCUT2D eigenvalue weighted by Crippen LogP contribution is -2.17. The van der Waals surface area contributed by atoms with Crippen molar-refractivity contribution in [3.63, 3.8) is 0 Å². The van der Waals surface area contributed by atoms with Crippen LogP contribution < -0.4 is 5.14 Å². The molecule has 0 aromatic rings. The standard InChI is InChI=1S/C4H8N2OS/c1-4(2-3-5)8(6)7/h4H,2,6H2,1H3. The maximum atomic E-state index is 10.3. The second kappa shape index (κ2) is 3.58. The molecule has 0 saturated heterocycles. The number of hydrogen-bond acceptors (Lipinski definition) is 2. The van der Waals surface area contributed by atoms with Crippen molar-refractivity contribution in [2.45, 2.75) is 18.6 Å². The Labute approximate surface area is 51.1 Å². The Morgan fingerprint density at radius 3 is 2.62 bits per heavy atom. The highest BCUT2D eigenvalue weighted by atomic mass is 32.2. The van der Waals surface area contributed by atoms with Crippen LogP contribution in [0.4, 0.5) is 0 Å². The number of hydrogen-bond donors (Lipinski definition) is 1. The molecule has 0 spiro atoms. The Morgan fingerprint density at radius 1 is 2.00 bits per heavy atom. The third kappa shape index (κ3) is 2.72. The maximum Gasteiger partial charge on any atom is 0.0927 e. The van der Waals surface area contributed by atoms with Crippen molar-refractivity contribution >= 4 is 11.0 Å². The number of rotatable bonds is 2. The van der Waals surface area contributed by atoms with Crippen LogP contribution >= 0.6 is 0 Å². The molecule has 8 heavy (non-hydrogen) atoms. The Morgan fingerprint density at radius 2 is 2.50 bits per heavy atom. The molecule has 0 amide bonds. The normalized spacial score (nSPS) is 16.6. The van der Waals surface area contributed by atoms with Gasteiger partial charge in [-0.15, -0.1) is 0 Å². The van der Waals surface area contributed by atoms with Gasteiger partial charge in [-0.3, -0.25) is 5.14 Å². The monoisotopic (exact) mass is 132 g/mol. The van der Waals surface area contributed by atoms with Crippen LogP contribution in [0.5, 0.6) is 0 Å². The third-order valence-electron chi connectivity index (χ3n) is 0.775. The Bertz CT molecular complexity index is 128. The first kappa shape index (κ1) is 7.60. The van der Waals surface area contributed by atoms with Gasteiger partial charge >= 0.3 is 0 Å². The molecule has 2 N–H and O–H groups in total. The number of nitriles is 1. The van der Waals surface area contributed by atoms with Gasteiger partial charge < -0.3 is 0 Å². The van der Waals surface area contributed by atoms with E-state index < -0.39 is 11.0 Å². The lowest BCUT2D eigenvalue weighted by atomic mass is 10.4. The van der Waals surface area contributed by atoms with Gasteiger partial charge in [0.1, 0.15) is 0 Å². The summed E-state index contributed by atoms with van der Waals surface area (Å²) in [5.74, 6) is 0. The van der Waals surface area contributed by atoms with Crippen LogP contribution in [0.1, 0.15) is 13.3 Å². The highest BCUT2D eigenvalue weighted by Gasteiger charge is 2.03. The smallest absolute Gasteiger partial charge is 0.0927 e. The van der Waals surface area contributed by atoms with Crippen LogP contribution in [0, 0.1) is 11.3 Å². The van der Waals surface area contributed by atoms with E-state index in [-0.39, 0.29) is 11.7 Å². The molecule has 0 bridgehead atoms. The lowest BCUT2D eigenvalue weighted by molar-refractivity contribution is 0.675. The second-order valence-corrected chi connectivity index (χ2v) is 2.96. The van der Waals surface area contributed by atoms with Gasteiger partial charge in [0.25, 0.3) is 0 Å². The molecule has 2 unspecified atom stereocenters. The van der Waals surface area contributed by atoms with E-state index in [1.807, 2.05) is 6.07 Å². The molecule has 3 nitrogen and oxygen atoms in total. The molecule has 0 fully saturated rings. The topological polar surface area (TPSA) is 66.9 Å². The fourth-order valence-corrected chi connectivity index (χ4v) is 0.449. The summed E-state index contributed by atoms with van der Waals surface area (Å²) in [5, 5.41) is 12.8. The van der Waals surface area contributed by atoms with Crippen LogP contribution in [0.25, 0.3) is 0 Å². The van der Waals surface area contributed by atoms with E-state index in [0.29, 0.717) is 0 Å². The summed E-state index contributed by atoms with van der Waals surface area (Å²) < 4.78 is 10.3. The largest absolute Gasteiger partial charge is 0.252 e. The van der Waals surface area contributed by atoms with Crippen LogP contribution in [0.2, 0.25) is 0 Å². The number of nitrogens with zero attached hydrogens (tertiary/aromatic N) is 1. The summed E-state index contributed by atoms with van der Waals surface area (Å²) in [6.07, 6.45) is 0.267. The average Bonchev–Trinajstić information content (AvgIpc) is 1.67. The van der Waals surface area contributed by atoms with Crippen molar-refractivity contribution < 1.29 is 4.21 Å². The highest BCUT2D eigenvalue weighted by Crippen LogP contribution is 1.92. The minimum atomic E-state index is -1.33. The zero-order valence-electron chi connectivity index (χ0n) is 4.63. The molecule has 46 valence electrons. The summed E-state index contributed by atoms with van der Waals surface area (Å²) in [6.45, 7) is 1.68. The Hall–Kier alpha value is -0.400. The van der Waals surface area contributed by atoms with Gasteiger partial charge in [-0.25, -0.2) is 4.21 Å². The highest BCUT2D eigenvalue weighted by molar-refractivity contribution is 7.83. The van der Waals surface area contributed by atoms with Gasteiger partial charge in [0.15, 0.2) is 0 Å². The summed E-state index contributed by atoms with van der Waals surface area (Å²) in [4.78, 5) is 0. The first-order chi connectivity index (χ1) is 3.68. The van der Waals surface area contributed by atoms with Crippen molar-refractivity contribution in [3.05, 3.63) is 0 Å². The van der Waals surface area contributed by atoms with Crippen LogP contribution in [-0.4, -0.2) is 9.46 Å². The van der Waals surface area contributed by atoms with Crippen molar-refractivity contribution in [1.29, 1.82) is 5.26 Å². The molecule has 0 rings (SSSR count). The van der Waals surface area contributed by atoms with Crippen molar-refractivity contribution in [3.8, 4) is 6.07 Å². The number of nitrogens with two attached hydrogens (primary N) is 1. The van der Waals surface area contributed by atoms with E-state index in [0.717, 1.165) is 0 Å². The van der Waals surface area contributed by atoms with Crippen LogP contribution in [0.15, 0.2) is 0 Å². The van der Waals surface area contributed by atoms with E-state index in [1.54, 1.807) is 6.92 Å². The third-order valence-corrected chi connectivity index (χ3v) is 1.74. The predicted molar refractivity (Wildman–Crippen MR) is 32.0 cm³/mol. The van der Waals surface area contributed by atoms with E-state index in [2.05, 4.69) is 0 Å². The summed E-state index contributed by atoms with van der Waals surface area (Å²) in [5.41, 5.74) is 0. The fourth-order valence-electron chi connectivity index (χ4n) is 0.211. The van der Waals surface area contributed by atoms with E-state index in [4.69, 9.17) is 10.4 Å². The predicted octanol–water partition coefficient (Wildman–Crippen LogP) is -0.0890. The average molecular weight is 132 g/mol. The molecule has 0 aromatic heterocycles. The van der Waals surface area contributed by atoms with Gasteiger partial charge in [0.05, 0.1) is 28.7 Å². The summed E-state index contributed by atoms with van der Waals surface area (Å²) in [7, 11) is -1.33. The van der Waals surface area contributed by atoms with Crippen LogP contribution in [-0.2, 0) is 11.0 Å². The van der Waals surface area contributed by atoms with Crippen molar-refractivity contribution in [2.24, 2.45) is 5.14 Å². The molecule has 0 aliphatic carbocycles. The SMILES string of the molecule is CC(CC#N)S(N)=O. The van der Waals surface area contributed by atoms with Gasteiger partial charge in [-0.05, 0) is 6.92 Å². The molecular formula is C4H8N2OS. The van der Waals surface area contributed by atoms with Gasteiger partial charge in [-0.2, -0.15) is 5.26 Å². The first-order valence-electron chi connectivity index (χ1n) is 2.20. The van der Waals surface area contributed by atoms with E-state index in [9.17, 15) is 4.21 Å². The molecular weight excluding hydrogens is 124 g/mol. The molecule has 0 saturated carbocycles. The molecule has 0 radical (unpaired) electrons. The lowest BCUT2D eigenvalue weighted by Gasteiger charge is -1.97. The fraction of sp³-hybridized carbons (Fsp3) is 0.750. The Kier molecular flexibility index (Phi) is 3.40. The molecule has 0 heterocycles. The van der Waals surface area contributed by atoms with Gasteiger partial charge in [0, 0.05) is 0 Å². The van der Waals surface area contributed by atoms with E-state index >= 15 is 0 Å².